The molecule has 3 rings (SSSR count). The molecule has 88 valence electrons. The number of hydrogen-bond donors (Lipinski definition) is 1. The summed E-state index contributed by atoms with van der Waals surface area (Å²) in [5, 5.41) is 3.52. The fourth-order valence-electron chi connectivity index (χ4n) is 2.09. The van der Waals surface area contributed by atoms with Gasteiger partial charge in [0.1, 0.15) is 0 Å². The Kier molecular flexibility index (Phi) is 2.80. The molecule has 4 heteroatoms. The summed E-state index contributed by atoms with van der Waals surface area (Å²) in [6.45, 7) is 1.64. The molecule has 0 spiro atoms. The van der Waals surface area contributed by atoms with Crippen LogP contribution in [0.5, 0.6) is 0 Å². The molecular weight excluding hydrogens is 214 g/mol. The van der Waals surface area contributed by atoms with Crippen molar-refractivity contribution in [2.45, 2.75) is 12.5 Å². The summed E-state index contributed by atoms with van der Waals surface area (Å²) in [6, 6.07) is 8.66. The van der Waals surface area contributed by atoms with Crippen LogP contribution in [0.15, 0.2) is 43.0 Å². The van der Waals surface area contributed by atoms with Gasteiger partial charge in [0.2, 0.25) is 0 Å². The Bertz CT molecular complexity index is 475. The second-order valence-electron chi connectivity index (χ2n) is 4.19. The van der Waals surface area contributed by atoms with Crippen LogP contribution in [0.25, 0.3) is 5.69 Å². The first kappa shape index (κ1) is 10.4. The minimum absolute atomic E-state index is 0.416. The van der Waals surface area contributed by atoms with Crippen molar-refractivity contribution in [3.05, 3.63) is 43.0 Å². The van der Waals surface area contributed by atoms with Gasteiger partial charge in [0.25, 0.3) is 0 Å². The number of anilines is 1. The molecule has 1 saturated heterocycles. The van der Waals surface area contributed by atoms with Crippen LogP contribution >= 0.6 is 0 Å². The third-order valence-electron chi connectivity index (χ3n) is 2.98. The van der Waals surface area contributed by atoms with Gasteiger partial charge >= 0.3 is 0 Å². The van der Waals surface area contributed by atoms with Gasteiger partial charge in [-0.25, -0.2) is 4.98 Å². The molecule has 1 N–H and O–H groups in total. The number of nitrogens with one attached hydrogen (secondary N) is 1. The van der Waals surface area contributed by atoms with Gasteiger partial charge in [-0.2, -0.15) is 0 Å². The zero-order valence-electron chi connectivity index (χ0n) is 9.54. The Labute approximate surface area is 100 Å². The first-order valence-electron chi connectivity index (χ1n) is 5.85. The lowest BCUT2D eigenvalue weighted by Crippen LogP contribution is -2.19. The summed E-state index contributed by atoms with van der Waals surface area (Å²) >= 11 is 0. The number of benzene rings is 1. The standard InChI is InChI=1S/C13H15N3O/c1-2-4-13(16-7-6-14-10-16)12(3-1)15-11-5-8-17-9-11/h1-4,6-7,10-11,15H,5,8-9H2. The van der Waals surface area contributed by atoms with Crippen molar-refractivity contribution in [1.29, 1.82) is 0 Å². The van der Waals surface area contributed by atoms with E-state index in [1.54, 1.807) is 6.20 Å². The Morgan fingerprint density at radius 1 is 1.35 bits per heavy atom. The molecule has 0 amide bonds. The van der Waals surface area contributed by atoms with Crippen molar-refractivity contribution < 1.29 is 4.74 Å². The molecule has 1 aliphatic rings. The van der Waals surface area contributed by atoms with Crippen molar-refractivity contribution in [2.75, 3.05) is 18.5 Å². The van der Waals surface area contributed by atoms with E-state index in [0.29, 0.717) is 6.04 Å². The quantitative estimate of drug-likeness (QED) is 0.875. The van der Waals surface area contributed by atoms with Crippen LogP contribution in [0.3, 0.4) is 0 Å². The number of ether oxygens (including phenoxy) is 1. The summed E-state index contributed by atoms with van der Waals surface area (Å²) in [5.41, 5.74) is 2.25. The fraction of sp³-hybridized carbons (Fsp3) is 0.308. The van der Waals surface area contributed by atoms with Gasteiger partial charge < -0.3 is 14.6 Å². The van der Waals surface area contributed by atoms with Crippen molar-refractivity contribution in [2.24, 2.45) is 0 Å². The van der Waals surface area contributed by atoms with Crippen LogP contribution < -0.4 is 5.32 Å². The molecule has 1 fully saturated rings. The Balaban J connectivity index is 1.88. The van der Waals surface area contributed by atoms with Gasteiger partial charge in [-0.3, -0.25) is 0 Å². The van der Waals surface area contributed by atoms with Crippen LogP contribution in [0.2, 0.25) is 0 Å². The Morgan fingerprint density at radius 2 is 2.29 bits per heavy atom. The molecule has 0 bridgehead atoms. The maximum absolute atomic E-state index is 5.38. The van der Waals surface area contributed by atoms with Crippen molar-refractivity contribution in [1.82, 2.24) is 9.55 Å². The zero-order valence-corrected chi connectivity index (χ0v) is 9.54. The Hall–Kier alpha value is -1.81. The molecule has 4 nitrogen and oxygen atoms in total. The molecule has 1 unspecified atom stereocenters. The van der Waals surface area contributed by atoms with Crippen LogP contribution in [-0.4, -0.2) is 28.8 Å². The number of nitrogens with zero attached hydrogens (tertiary/aromatic N) is 2. The minimum atomic E-state index is 0.416. The smallest absolute Gasteiger partial charge is 0.0992 e. The first-order chi connectivity index (χ1) is 8.43. The van der Waals surface area contributed by atoms with E-state index in [0.717, 1.165) is 31.0 Å². The van der Waals surface area contributed by atoms with E-state index in [9.17, 15) is 0 Å². The van der Waals surface area contributed by atoms with Gasteiger partial charge in [-0.05, 0) is 18.6 Å². The predicted octanol–water partition coefficient (Wildman–Crippen LogP) is 2.07. The van der Waals surface area contributed by atoms with Crippen LogP contribution in [0.4, 0.5) is 5.69 Å². The lowest BCUT2D eigenvalue weighted by atomic mass is 10.2. The van der Waals surface area contributed by atoms with E-state index in [-0.39, 0.29) is 0 Å². The van der Waals surface area contributed by atoms with E-state index >= 15 is 0 Å². The highest BCUT2D eigenvalue weighted by Crippen LogP contribution is 2.22. The molecule has 0 radical (unpaired) electrons. The normalized spacial score (nSPS) is 19.4. The summed E-state index contributed by atoms with van der Waals surface area (Å²) < 4.78 is 7.39. The number of aromatic nitrogens is 2. The highest BCUT2D eigenvalue weighted by molar-refractivity contribution is 5.61. The third kappa shape index (κ3) is 2.17. The largest absolute Gasteiger partial charge is 0.379 e. The first-order valence-corrected chi connectivity index (χ1v) is 5.85. The summed E-state index contributed by atoms with van der Waals surface area (Å²) in [4.78, 5) is 4.08. The number of para-hydroxylation sites is 2. The SMILES string of the molecule is c1ccc(-n2ccnc2)c(NC2CCOC2)c1. The number of rotatable bonds is 3. The van der Waals surface area contributed by atoms with Crippen molar-refractivity contribution >= 4 is 5.69 Å². The van der Waals surface area contributed by atoms with Gasteiger partial charge in [0, 0.05) is 19.0 Å². The van der Waals surface area contributed by atoms with Crippen LogP contribution in [-0.2, 0) is 4.74 Å². The average molecular weight is 229 g/mol. The van der Waals surface area contributed by atoms with Gasteiger partial charge in [0.15, 0.2) is 0 Å². The van der Waals surface area contributed by atoms with Gasteiger partial charge in [0.05, 0.1) is 30.4 Å². The average Bonchev–Trinajstić information content (AvgIpc) is 3.01. The summed E-state index contributed by atoms with van der Waals surface area (Å²) in [7, 11) is 0. The van der Waals surface area contributed by atoms with E-state index < -0.39 is 0 Å². The predicted molar refractivity (Wildman–Crippen MR) is 66.4 cm³/mol. The highest BCUT2D eigenvalue weighted by atomic mass is 16.5. The minimum Gasteiger partial charge on any atom is -0.379 e. The van der Waals surface area contributed by atoms with E-state index in [2.05, 4.69) is 22.4 Å². The monoisotopic (exact) mass is 229 g/mol. The molecule has 1 aromatic carbocycles. The third-order valence-corrected chi connectivity index (χ3v) is 2.98. The zero-order chi connectivity index (χ0) is 11.5. The van der Waals surface area contributed by atoms with Crippen LogP contribution in [0.1, 0.15) is 6.42 Å². The molecule has 2 heterocycles. The van der Waals surface area contributed by atoms with Gasteiger partial charge in [-0.15, -0.1) is 0 Å². The van der Waals surface area contributed by atoms with Crippen LogP contribution in [0, 0.1) is 0 Å². The fourth-order valence-corrected chi connectivity index (χ4v) is 2.09. The highest BCUT2D eigenvalue weighted by Gasteiger charge is 2.16. The molecule has 2 aromatic rings. The van der Waals surface area contributed by atoms with E-state index in [1.165, 1.54) is 0 Å². The molecule has 0 aliphatic carbocycles. The number of hydrogen-bond acceptors (Lipinski definition) is 3. The second-order valence-corrected chi connectivity index (χ2v) is 4.19. The maximum Gasteiger partial charge on any atom is 0.0992 e. The van der Waals surface area contributed by atoms with Gasteiger partial charge in [-0.1, -0.05) is 12.1 Å². The molecule has 1 aliphatic heterocycles. The lowest BCUT2D eigenvalue weighted by molar-refractivity contribution is 0.195. The molecule has 1 atom stereocenters. The lowest BCUT2D eigenvalue weighted by Gasteiger charge is -2.16. The van der Waals surface area contributed by atoms with Crippen molar-refractivity contribution in [3.63, 3.8) is 0 Å². The molecule has 0 saturated carbocycles. The van der Waals surface area contributed by atoms with E-state index in [1.807, 2.05) is 29.2 Å². The molecular formula is C13H15N3O. The second kappa shape index (κ2) is 4.59. The van der Waals surface area contributed by atoms with Crippen molar-refractivity contribution in [3.8, 4) is 5.69 Å². The molecule has 17 heavy (non-hydrogen) atoms. The summed E-state index contributed by atoms with van der Waals surface area (Å²) in [6.07, 6.45) is 6.62. The topological polar surface area (TPSA) is 39.1 Å². The van der Waals surface area contributed by atoms with E-state index in [4.69, 9.17) is 4.74 Å². The number of imidazole rings is 1. The Morgan fingerprint density at radius 3 is 3.06 bits per heavy atom. The summed E-state index contributed by atoms with van der Waals surface area (Å²) in [5.74, 6) is 0. The molecule has 1 aromatic heterocycles. The maximum atomic E-state index is 5.38.